The second-order valence-corrected chi connectivity index (χ2v) is 6.51. The number of hydrogen-bond donors (Lipinski definition) is 2. The van der Waals surface area contributed by atoms with Gasteiger partial charge in [0.1, 0.15) is 6.54 Å². The lowest BCUT2D eigenvalue weighted by Gasteiger charge is -2.14. The Hall–Kier alpha value is -3.64. The SMILES string of the molecule is NC(=NOC(=O)CNC(=O)C1CC1)c1cc2c([N+](=O)[O-])cccc2n1C(F)C(F)F. The van der Waals surface area contributed by atoms with Crippen LogP contribution in [0.4, 0.5) is 18.9 Å². The molecule has 3 rings (SSSR count). The molecule has 0 bridgehead atoms. The zero-order chi connectivity index (χ0) is 22.0. The number of non-ortho nitro benzene ring substituents is 1. The molecule has 1 heterocycles. The van der Waals surface area contributed by atoms with Crippen molar-refractivity contribution in [3.63, 3.8) is 0 Å². The monoisotopic (exact) mass is 427 g/mol. The fraction of sp³-hybridized carbons (Fsp3) is 0.353. The van der Waals surface area contributed by atoms with Gasteiger partial charge in [-0.1, -0.05) is 11.2 Å². The van der Waals surface area contributed by atoms with Crippen LogP contribution in [0.1, 0.15) is 24.8 Å². The Morgan fingerprint density at radius 3 is 2.67 bits per heavy atom. The smallest absolute Gasteiger partial charge is 0.354 e. The molecule has 13 heteroatoms. The summed E-state index contributed by atoms with van der Waals surface area (Å²) < 4.78 is 40.8. The van der Waals surface area contributed by atoms with Crippen LogP contribution in [-0.2, 0) is 14.4 Å². The van der Waals surface area contributed by atoms with Crippen LogP contribution >= 0.6 is 0 Å². The van der Waals surface area contributed by atoms with Crippen molar-refractivity contribution in [2.45, 2.75) is 25.6 Å². The van der Waals surface area contributed by atoms with Gasteiger partial charge in [-0.3, -0.25) is 14.9 Å². The summed E-state index contributed by atoms with van der Waals surface area (Å²) >= 11 is 0. The number of nitro groups is 1. The molecule has 1 saturated carbocycles. The molecule has 1 aromatic carbocycles. The Bertz CT molecular complexity index is 1030. The Balaban J connectivity index is 1.88. The molecule has 1 unspecified atom stereocenters. The average molecular weight is 427 g/mol. The minimum atomic E-state index is -3.47. The maximum absolute atomic E-state index is 14.2. The lowest BCUT2D eigenvalue weighted by atomic mass is 10.2. The van der Waals surface area contributed by atoms with Gasteiger partial charge >= 0.3 is 5.97 Å². The van der Waals surface area contributed by atoms with Gasteiger partial charge in [0, 0.05) is 12.0 Å². The number of alkyl halides is 3. The molecule has 30 heavy (non-hydrogen) atoms. The molecule has 0 saturated heterocycles. The summed E-state index contributed by atoms with van der Waals surface area (Å²) in [6, 6.07) is 4.52. The first-order valence-corrected chi connectivity index (χ1v) is 8.72. The van der Waals surface area contributed by atoms with Crippen molar-refractivity contribution in [3.8, 4) is 0 Å². The van der Waals surface area contributed by atoms with Crippen LogP contribution in [-0.4, -0.2) is 40.2 Å². The van der Waals surface area contributed by atoms with Gasteiger partial charge in [-0.25, -0.2) is 18.0 Å². The number of oxime groups is 1. The zero-order valence-electron chi connectivity index (χ0n) is 15.3. The molecule has 2 aromatic rings. The zero-order valence-corrected chi connectivity index (χ0v) is 15.3. The number of nitrogens with one attached hydrogen (secondary N) is 1. The van der Waals surface area contributed by atoms with E-state index in [-0.39, 0.29) is 22.7 Å². The number of nitro benzene ring substituents is 1. The molecule has 1 aromatic heterocycles. The number of halogens is 3. The van der Waals surface area contributed by atoms with E-state index in [0.29, 0.717) is 4.57 Å². The summed E-state index contributed by atoms with van der Waals surface area (Å²) in [5.41, 5.74) is 4.56. The normalized spacial score (nSPS) is 15.3. The predicted octanol–water partition coefficient (Wildman–Crippen LogP) is 1.97. The third-order valence-electron chi connectivity index (χ3n) is 4.37. The quantitative estimate of drug-likeness (QED) is 0.217. The van der Waals surface area contributed by atoms with Crippen molar-refractivity contribution < 1.29 is 32.5 Å². The van der Waals surface area contributed by atoms with Crippen molar-refractivity contribution in [2.24, 2.45) is 16.8 Å². The number of rotatable bonds is 8. The number of fused-ring (bicyclic) bond motifs is 1. The van der Waals surface area contributed by atoms with Crippen LogP contribution < -0.4 is 11.1 Å². The van der Waals surface area contributed by atoms with Crippen LogP contribution in [0.15, 0.2) is 29.4 Å². The van der Waals surface area contributed by atoms with Crippen molar-refractivity contribution in [1.82, 2.24) is 9.88 Å². The average Bonchev–Trinajstić information content (AvgIpc) is 3.48. The Morgan fingerprint density at radius 2 is 2.07 bits per heavy atom. The standard InChI is InChI=1S/C17H16F3N5O5/c18-14(19)15(20)24-10-2-1-3-11(25(28)29)9(10)6-12(24)16(21)23-30-13(26)7-22-17(27)8-4-5-8/h1-3,6,8,14-15H,4-5,7H2,(H2,21,23)(H,22,27). The van der Waals surface area contributed by atoms with Crippen LogP contribution in [0, 0.1) is 16.0 Å². The summed E-state index contributed by atoms with van der Waals surface area (Å²) in [6.07, 6.45) is -4.89. The highest BCUT2D eigenvalue weighted by Gasteiger charge is 2.30. The second-order valence-electron chi connectivity index (χ2n) is 6.51. The number of carbonyl (C=O) groups is 2. The first-order valence-electron chi connectivity index (χ1n) is 8.72. The van der Waals surface area contributed by atoms with Gasteiger partial charge in [-0.15, -0.1) is 0 Å². The molecule has 0 spiro atoms. The highest BCUT2D eigenvalue weighted by Crippen LogP contribution is 2.33. The van der Waals surface area contributed by atoms with Gasteiger partial charge in [0.25, 0.3) is 12.1 Å². The first kappa shape index (κ1) is 21.1. The van der Waals surface area contributed by atoms with E-state index in [1.807, 2.05) is 0 Å². The highest BCUT2D eigenvalue weighted by molar-refractivity contribution is 6.03. The molecule has 160 valence electrons. The topological polar surface area (TPSA) is 142 Å². The van der Waals surface area contributed by atoms with Crippen molar-refractivity contribution >= 4 is 34.3 Å². The van der Waals surface area contributed by atoms with Crippen LogP contribution in [0.3, 0.4) is 0 Å². The molecule has 1 aliphatic rings. The molecule has 1 atom stereocenters. The van der Waals surface area contributed by atoms with E-state index in [1.54, 1.807) is 0 Å². The van der Waals surface area contributed by atoms with E-state index in [0.717, 1.165) is 25.0 Å². The van der Waals surface area contributed by atoms with Crippen molar-refractivity contribution in [2.75, 3.05) is 6.54 Å². The van der Waals surface area contributed by atoms with Gasteiger partial charge in [-0.2, -0.15) is 0 Å². The molecule has 3 N–H and O–H groups in total. The summed E-state index contributed by atoms with van der Waals surface area (Å²) in [6.45, 7) is -0.497. The van der Waals surface area contributed by atoms with Gasteiger partial charge in [-0.05, 0) is 25.0 Å². The minimum absolute atomic E-state index is 0.131. The molecule has 1 amide bonds. The third kappa shape index (κ3) is 4.34. The van der Waals surface area contributed by atoms with Crippen LogP contribution in [0.5, 0.6) is 0 Å². The Morgan fingerprint density at radius 1 is 1.37 bits per heavy atom. The summed E-state index contributed by atoms with van der Waals surface area (Å²) in [5.74, 6) is -2.10. The number of hydrogen-bond acceptors (Lipinski definition) is 6. The lowest BCUT2D eigenvalue weighted by Crippen LogP contribution is -2.31. The number of carbonyl (C=O) groups excluding carboxylic acids is 2. The van der Waals surface area contributed by atoms with Crippen molar-refractivity contribution in [1.29, 1.82) is 0 Å². The van der Waals surface area contributed by atoms with Gasteiger partial charge in [0.15, 0.2) is 5.84 Å². The maximum Gasteiger partial charge on any atom is 0.354 e. The number of benzene rings is 1. The summed E-state index contributed by atoms with van der Waals surface area (Å²) in [5, 5.41) is 16.7. The number of nitrogens with two attached hydrogens (primary N) is 1. The Kier molecular flexibility index (Phi) is 5.89. The minimum Gasteiger partial charge on any atom is -0.379 e. The molecule has 0 aliphatic heterocycles. The number of amides is 1. The van der Waals surface area contributed by atoms with Gasteiger partial charge < -0.3 is 20.5 Å². The lowest BCUT2D eigenvalue weighted by molar-refractivity contribution is -0.383. The van der Waals surface area contributed by atoms with E-state index >= 15 is 0 Å². The fourth-order valence-corrected chi connectivity index (χ4v) is 2.80. The van der Waals surface area contributed by atoms with Crippen molar-refractivity contribution in [3.05, 3.63) is 40.1 Å². The van der Waals surface area contributed by atoms with E-state index in [4.69, 9.17) is 5.73 Å². The van der Waals surface area contributed by atoms with E-state index in [2.05, 4.69) is 15.3 Å². The maximum atomic E-state index is 14.2. The first-order chi connectivity index (χ1) is 14.2. The van der Waals surface area contributed by atoms with E-state index in [1.165, 1.54) is 12.1 Å². The number of amidine groups is 1. The molecular formula is C17H16F3N5O5. The summed E-state index contributed by atoms with van der Waals surface area (Å²) in [4.78, 5) is 38.1. The molecular weight excluding hydrogens is 411 g/mol. The van der Waals surface area contributed by atoms with Gasteiger partial charge in [0.2, 0.25) is 12.2 Å². The number of nitrogens with zero attached hydrogens (tertiary/aromatic N) is 3. The molecule has 0 radical (unpaired) electrons. The molecule has 10 nitrogen and oxygen atoms in total. The third-order valence-corrected chi connectivity index (χ3v) is 4.37. The highest BCUT2D eigenvalue weighted by atomic mass is 19.3. The Labute approximate surface area is 166 Å². The van der Waals surface area contributed by atoms with Gasteiger partial charge in [0.05, 0.1) is 21.5 Å². The predicted molar refractivity (Wildman–Crippen MR) is 97.3 cm³/mol. The van der Waals surface area contributed by atoms with E-state index < -0.39 is 47.4 Å². The largest absolute Gasteiger partial charge is 0.379 e. The number of aromatic nitrogens is 1. The summed E-state index contributed by atoms with van der Waals surface area (Å²) in [7, 11) is 0. The second kappa shape index (κ2) is 8.39. The van der Waals surface area contributed by atoms with E-state index in [9.17, 15) is 32.9 Å². The molecule has 1 aliphatic carbocycles. The fourth-order valence-electron chi connectivity index (χ4n) is 2.80. The molecule has 1 fully saturated rings. The van der Waals surface area contributed by atoms with Crippen LogP contribution in [0.25, 0.3) is 10.9 Å². The van der Waals surface area contributed by atoms with Crippen LogP contribution in [0.2, 0.25) is 0 Å².